The molecular formula is C43H27N3. The van der Waals surface area contributed by atoms with Gasteiger partial charge in [-0.2, -0.15) is 0 Å². The summed E-state index contributed by atoms with van der Waals surface area (Å²) in [6, 6.07) is 58.9. The predicted molar refractivity (Wildman–Crippen MR) is 193 cm³/mol. The fourth-order valence-electron chi connectivity index (χ4n) is 7.39. The van der Waals surface area contributed by atoms with E-state index in [0.29, 0.717) is 0 Å². The third-order valence-corrected chi connectivity index (χ3v) is 9.45. The van der Waals surface area contributed by atoms with E-state index >= 15 is 0 Å². The van der Waals surface area contributed by atoms with Gasteiger partial charge in [-0.25, -0.2) is 4.98 Å². The maximum atomic E-state index is 5.36. The summed E-state index contributed by atoms with van der Waals surface area (Å²) in [4.78, 5) is 5.36. The summed E-state index contributed by atoms with van der Waals surface area (Å²) in [5, 5.41) is 7.43. The second kappa shape index (κ2) is 9.65. The van der Waals surface area contributed by atoms with Crippen molar-refractivity contribution in [2.24, 2.45) is 0 Å². The van der Waals surface area contributed by atoms with E-state index in [1.165, 1.54) is 54.4 Å². The molecule has 0 fully saturated rings. The Balaban J connectivity index is 1.37. The van der Waals surface area contributed by atoms with Gasteiger partial charge in [0.2, 0.25) is 0 Å². The molecule has 4 heterocycles. The highest BCUT2D eigenvalue weighted by Crippen LogP contribution is 2.40. The van der Waals surface area contributed by atoms with Crippen LogP contribution in [0.4, 0.5) is 0 Å². The van der Waals surface area contributed by atoms with Gasteiger partial charge in [0.15, 0.2) is 0 Å². The molecule has 214 valence electrons. The first-order valence-corrected chi connectivity index (χ1v) is 15.7. The van der Waals surface area contributed by atoms with Crippen LogP contribution in [0.5, 0.6) is 0 Å². The number of aromatic nitrogens is 3. The zero-order valence-electron chi connectivity index (χ0n) is 24.9. The summed E-state index contributed by atoms with van der Waals surface area (Å²) < 4.78 is 4.78. The third-order valence-electron chi connectivity index (χ3n) is 9.45. The Bertz CT molecular complexity index is 2730. The average molecular weight is 586 g/mol. The first kappa shape index (κ1) is 25.2. The van der Waals surface area contributed by atoms with Crippen molar-refractivity contribution in [1.29, 1.82) is 0 Å². The van der Waals surface area contributed by atoms with Gasteiger partial charge in [0.05, 0.1) is 33.3 Å². The normalized spacial score (nSPS) is 11.9. The minimum absolute atomic E-state index is 0.906. The molecule has 3 nitrogen and oxygen atoms in total. The van der Waals surface area contributed by atoms with Crippen molar-refractivity contribution in [3.05, 3.63) is 164 Å². The molecule has 0 aliphatic carbocycles. The van der Waals surface area contributed by atoms with Crippen LogP contribution in [0.15, 0.2) is 164 Å². The number of fused-ring (bicyclic) bond motifs is 11. The van der Waals surface area contributed by atoms with E-state index in [0.717, 1.165) is 33.7 Å². The molecule has 0 aliphatic rings. The molecule has 0 radical (unpaired) electrons. The fraction of sp³-hybridized carbons (Fsp3) is 0. The van der Waals surface area contributed by atoms with Crippen molar-refractivity contribution in [3.8, 4) is 28.2 Å². The zero-order valence-corrected chi connectivity index (χ0v) is 24.9. The molecule has 0 amide bonds. The Morgan fingerprint density at radius 3 is 1.74 bits per heavy atom. The number of benzene rings is 6. The highest BCUT2D eigenvalue weighted by Gasteiger charge is 2.19. The Morgan fingerprint density at radius 1 is 0.348 bits per heavy atom. The van der Waals surface area contributed by atoms with Crippen molar-refractivity contribution in [2.75, 3.05) is 0 Å². The fourth-order valence-corrected chi connectivity index (χ4v) is 7.39. The summed E-state index contributed by atoms with van der Waals surface area (Å²) >= 11 is 0. The Labute approximate surface area is 265 Å². The maximum absolute atomic E-state index is 5.36. The Kier molecular flexibility index (Phi) is 5.28. The smallest absolute Gasteiger partial charge is 0.138 e. The largest absolute Gasteiger partial charge is 0.309 e. The van der Waals surface area contributed by atoms with Crippen molar-refractivity contribution >= 4 is 59.9 Å². The van der Waals surface area contributed by atoms with Crippen molar-refractivity contribution in [2.45, 2.75) is 0 Å². The lowest BCUT2D eigenvalue weighted by Gasteiger charge is -2.14. The Morgan fingerprint density at radius 2 is 0.957 bits per heavy atom. The molecule has 0 N–H and O–H groups in total. The summed E-state index contributed by atoms with van der Waals surface area (Å²) in [7, 11) is 0. The van der Waals surface area contributed by atoms with Gasteiger partial charge in [0, 0.05) is 32.5 Å². The number of hydrogen-bond acceptors (Lipinski definition) is 1. The number of nitrogens with zero attached hydrogens (tertiary/aromatic N) is 3. The van der Waals surface area contributed by atoms with Gasteiger partial charge >= 0.3 is 0 Å². The third kappa shape index (κ3) is 3.63. The van der Waals surface area contributed by atoms with Crippen LogP contribution < -0.4 is 0 Å². The monoisotopic (exact) mass is 585 g/mol. The standard InChI is InChI=1S/C43H27N3/c1-3-13-28(14-4-1)31-23-37(29-15-5-2-6-16-29)44-43(25-31)46-40-22-12-9-19-33(40)35-26-34-32-18-8-11-21-39(32)45-38-20-10-7-17-30(38)24-41(45)36(34)27-42(35)46/h1-27H. The van der Waals surface area contributed by atoms with Gasteiger partial charge in [-0.05, 0) is 65.0 Å². The SMILES string of the molecule is c1ccc(-c2cc(-c3ccccc3)nc(-n3c4ccccc4c4cc5c6ccccc6n6c7ccccc7cc6c5cc43)c2)cc1. The summed E-state index contributed by atoms with van der Waals surface area (Å²) in [6.45, 7) is 0. The number of para-hydroxylation sites is 3. The quantitative estimate of drug-likeness (QED) is 0.189. The van der Waals surface area contributed by atoms with Gasteiger partial charge in [0.25, 0.3) is 0 Å². The number of pyridine rings is 2. The number of hydrogen-bond donors (Lipinski definition) is 0. The summed E-state index contributed by atoms with van der Waals surface area (Å²) in [5.74, 6) is 0.906. The van der Waals surface area contributed by atoms with Crippen LogP contribution in [0.3, 0.4) is 0 Å². The van der Waals surface area contributed by atoms with Gasteiger partial charge in [0.1, 0.15) is 5.82 Å². The van der Waals surface area contributed by atoms with E-state index in [2.05, 4.69) is 173 Å². The lowest BCUT2D eigenvalue weighted by molar-refractivity contribution is 1.09. The summed E-state index contributed by atoms with van der Waals surface area (Å²) in [6.07, 6.45) is 0. The highest BCUT2D eigenvalue weighted by molar-refractivity contribution is 6.22. The van der Waals surface area contributed by atoms with Crippen LogP contribution in [0.25, 0.3) is 88.1 Å². The zero-order chi connectivity index (χ0) is 30.2. The summed E-state index contributed by atoms with van der Waals surface area (Å²) in [5.41, 5.74) is 10.3. The molecule has 46 heavy (non-hydrogen) atoms. The topological polar surface area (TPSA) is 22.2 Å². The van der Waals surface area contributed by atoms with E-state index in [-0.39, 0.29) is 0 Å². The molecule has 0 atom stereocenters. The molecule has 0 saturated carbocycles. The van der Waals surface area contributed by atoms with E-state index in [4.69, 9.17) is 4.98 Å². The van der Waals surface area contributed by atoms with E-state index in [1.54, 1.807) is 0 Å². The molecule has 0 spiro atoms. The van der Waals surface area contributed by atoms with Crippen molar-refractivity contribution < 1.29 is 0 Å². The van der Waals surface area contributed by atoms with Crippen LogP contribution in [0.2, 0.25) is 0 Å². The van der Waals surface area contributed by atoms with Crippen LogP contribution in [0, 0.1) is 0 Å². The molecule has 10 aromatic rings. The Hall–Kier alpha value is -6.19. The maximum Gasteiger partial charge on any atom is 0.138 e. The molecule has 0 unspecified atom stereocenters. The van der Waals surface area contributed by atoms with Crippen LogP contribution in [-0.2, 0) is 0 Å². The van der Waals surface area contributed by atoms with E-state index < -0.39 is 0 Å². The molecule has 0 aliphatic heterocycles. The van der Waals surface area contributed by atoms with E-state index in [1.807, 2.05) is 0 Å². The first-order valence-electron chi connectivity index (χ1n) is 15.7. The predicted octanol–water partition coefficient (Wildman–Crippen LogP) is 11.2. The van der Waals surface area contributed by atoms with Gasteiger partial charge in [-0.15, -0.1) is 0 Å². The minimum Gasteiger partial charge on any atom is -0.309 e. The van der Waals surface area contributed by atoms with E-state index in [9.17, 15) is 0 Å². The van der Waals surface area contributed by atoms with Gasteiger partial charge in [-0.1, -0.05) is 115 Å². The molecular weight excluding hydrogens is 558 g/mol. The van der Waals surface area contributed by atoms with Crippen molar-refractivity contribution in [3.63, 3.8) is 0 Å². The van der Waals surface area contributed by atoms with Gasteiger partial charge < -0.3 is 4.40 Å². The molecule has 0 saturated heterocycles. The average Bonchev–Trinajstić information content (AvgIpc) is 3.68. The molecule has 3 heteroatoms. The number of rotatable bonds is 3. The van der Waals surface area contributed by atoms with Crippen LogP contribution in [-0.4, -0.2) is 14.0 Å². The lowest BCUT2D eigenvalue weighted by Crippen LogP contribution is -2.00. The van der Waals surface area contributed by atoms with Crippen LogP contribution in [0.1, 0.15) is 0 Å². The molecule has 0 bridgehead atoms. The highest BCUT2D eigenvalue weighted by atomic mass is 15.1. The first-order chi connectivity index (χ1) is 22.8. The van der Waals surface area contributed by atoms with Gasteiger partial charge in [-0.3, -0.25) is 4.57 Å². The van der Waals surface area contributed by atoms with Crippen LogP contribution >= 0.6 is 0 Å². The molecule has 10 rings (SSSR count). The second-order valence-electron chi connectivity index (χ2n) is 12.0. The minimum atomic E-state index is 0.906. The molecule has 4 aromatic heterocycles. The second-order valence-corrected chi connectivity index (χ2v) is 12.0. The lowest BCUT2D eigenvalue weighted by atomic mass is 10.0. The van der Waals surface area contributed by atoms with Crippen molar-refractivity contribution in [1.82, 2.24) is 14.0 Å². The molecule has 6 aromatic carbocycles.